The molecule has 4 aromatic rings. The standard InChI is InChI=1S/C25H22F4N6O3S/c1-13-22(15-4-7-19(26)18(8-15)25(27,28)29)34-24(39-13)35-23(38)14-2-5-16(6-3-14)33-21-9-20(31-12-32-21)30-10-17(37)11-36/h2-9,12,17,36-37H,10-11H2,1H3,(H,34,35,38)(H2,30,31,32,33). The zero-order valence-electron chi connectivity index (χ0n) is 20.3. The monoisotopic (exact) mass is 562 g/mol. The third-order valence-corrected chi connectivity index (χ3v) is 6.26. The van der Waals surface area contributed by atoms with Crippen molar-refractivity contribution < 1.29 is 32.6 Å². The lowest BCUT2D eigenvalue weighted by Gasteiger charge is -2.11. The quantitative estimate of drug-likeness (QED) is 0.183. The summed E-state index contributed by atoms with van der Waals surface area (Å²) in [6.07, 6.45) is -4.46. The number of nitrogens with zero attached hydrogens (tertiary/aromatic N) is 3. The fourth-order valence-electron chi connectivity index (χ4n) is 3.44. The van der Waals surface area contributed by atoms with Gasteiger partial charge in [0.2, 0.25) is 0 Å². The highest BCUT2D eigenvalue weighted by Crippen LogP contribution is 2.36. The van der Waals surface area contributed by atoms with E-state index in [9.17, 15) is 27.5 Å². The molecule has 39 heavy (non-hydrogen) atoms. The molecule has 5 N–H and O–H groups in total. The van der Waals surface area contributed by atoms with Crippen molar-refractivity contribution in [1.82, 2.24) is 15.0 Å². The van der Waals surface area contributed by atoms with Crippen LogP contribution in [0.4, 0.5) is 40.0 Å². The van der Waals surface area contributed by atoms with Gasteiger partial charge in [-0.1, -0.05) is 0 Å². The van der Waals surface area contributed by atoms with Crippen molar-refractivity contribution in [3.05, 3.63) is 76.7 Å². The number of carbonyl (C=O) groups is 1. The van der Waals surface area contributed by atoms with Gasteiger partial charge in [0.05, 0.1) is 24.0 Å². The van der Waals surface area contributed by atoms with Crippen LogP contribution in [0.25, 0.3) is 11.3 Å². The Bertz CT molecular complexity index is 1460. The molecule has 0 aliphatic heterocycles. The lowest BCUT2D eigenvalue weighted by atomic mass is 10.1. The summed E-state index contributed by atoms with van der Waals surface area (Å²) in [6, 6.07) is 10.7. The molecule has 0 aliphatic carbocycles. The highest BCUT2D eigenvalue weighted by atomic mass is 32.1. The van der Waals surface area contributed by atoms with E-state index in [1.54, 1.807) is 37.3 Å². The van der Waals surface area contributed by atoms with Crippen LogP contribution >= 0.6 is 11.3 Å². The van der Waals surface area contributed by atoms with Crippen molar-refractivity contribution in [1.29, 1.82) is 0 Å². The molecule has 1 amide bonds. The molecule has 0 spiro atoms. The Kier molecular flexibility index (Phi) is 8.38. The topological polar surface area (TPSA) is 132 Å². The van der Waals surface area contributed by atoms with Crippen molar-refractivity contribution in [3.8, 4) is 11.3 Å². The van der Waals surface area contributed by atoms with Crippen LogP contribution in [0, 0.1) is 12.7 Å². The van der Waals surface area contributed by atoms with E-state index in [-0.39, 0.29) is 29.5 Å². The normalized spacial score (nSPS) is 12.2. The van der Waals surface area contributed by atoms with Crippen LogP contribution in [0.15, 0.2) is 54.9 Å². The summed E-state index contributed by atoms with van der Waals surface area (Å²) >= 11 is 1.08. The van der Waals surface area contributed by atoms with Gasteiger partial charge in [0.25, 0.3) is 5.91 Å². The van der Waals surface area contributed by atoms with Crippen LogP contribution in [0.3, 0.4) is 0 Å². The zero-order chi connectivity index (χ0) is 28.2. The lowest BCUT2D eigenvalue weighted by molar-refractivity contribution is -0.139. The molecule has 2 aromatic carbocycles. The van der Waals surface area contributed by atoms with E-state index < -0.39 is 29.6 Å². The van der Waals surface area contributed by atoms with E-state index >= 15 is 0 Å². The lowest BCUT2D eigenvalue weighted by Crippen LogP contribution is -2.23. The highest BCUT2D eigenvalue weighted by Gasteiger charge is 2.34. The maximum atomic E-state index is 13.7. The van der Waals surface area contributed by atoms with Gasteiger partial charge < -0.3 is 20.8 Å². The SMILES string of the molecule is Cc1sc(NC(=O)c2ccc(Nc3cc(NCC(O)CO)ncn3)cc2)nc1-c1ccc(F)c(C(F)(F)F)c1. The number of amides is 1. The summed E-state index contributed by atoms with van der Waals surface area (Å²) in [6.45, 7) is 1.36. The number of halogens is 4. The van der Waals surface area contributed by atoms with E-state index in [2.05, 4.69) is 30.9 Å². The number of alkyl halides is 3. The number of hydrogen-bond donors (Lipinski definition) is 5. The van der Waals surface area contributed by atoms with E-state index in [0.717, 1.165) is 17.4 Å². The third-order valence-electron chi connectivity index (χ3n) is 5.38. The maximum absolute atomic E-state index is 13.7. The van der Waals surface area contributed by atoms with Gasteiger partial charge in [0.15, 0.2) is 5.13 Å². The number of aliphatic hydroxyl groups is 2. The van der Waals surface area contributed by atoms with E-state index in [1.807, 2.05) is 0 Å². The minimum absolute atomic E-state index is 0.0843. The van der Waals surface area contributed by atoms with Crippen LogP contribution < -0.4 is 16.0 Å². The van der Waals surface area contributed by atoms with Gasteiger partial charge in [-0.05, 0) is 49.4 Å². The number of benzene rings is 2. The summed E-state index contributed by atoms with van der Waals surface area (Å²) in [5.74, 6) is -0.971. The molecule has 2 heterocycles. The number of rotatable bonds is 9. The molecule has 204 valence electrons. The molecule has 0 saturated heterocycles. The molecule has 1 atom stereocenters. The molecule has 14 heteroatoms. The average molecular weight is 563 g/mol. The van der Waals surface area contributed by atoms with Gasteiger partial charge in [-0.2, -0.15) is 13.2 Å². The Morgan fingerprint density at radius 3 is 2.49 bits per heavy atom. The molecular formula is C25H22F4N6O3S. The number of hydrogen-bond acceptors (Lipinski definition) is 9. The molecule has 0 saturated carbocycles. The first kappa shape index (κ1) is 27.9. The first-order valence-corrected chi connectivity index (χ1v) is 12.2. The van der Waals surface area contributed by atoms with E-state index in [4.69, 9.17) is 5.11 Å². The highest BCUT2D eigenvalue weighted by molar-refractivity contribution is 7.16. The number of anilines is 4. The van der Waals surface area contributed by atoms with Gasteiger partial charge in [-0.3, -0.25) is 10.1 Å². The Morgan fingerprint density at radius 1 is 1.08 bits per heavy atom. The average Bonchev–Trinajstić information content (AvgIpc) is 3.27. The molecule has 0 bridgehead atoms. The Balaban J connectivity index is 1.42. The van der Waals surface area contributed by atoms with Crippen LogP contribution in [0.1, 0.15) is 20.8 Å². The molecule has 1 unspecified atom stereocenters. The molecule has 4 rings (SSSR count). The predicted octanol–water partition coefficient (Wildman–Crippen LogP) is 4.83. The molecule has 0 radical (unpaired) electrons. The van der Waals surface area contributed by atoms with Crippen LogP contribution in [0.5, 0.6) is 0 Å². The maximum Gasteiger partial charge on any atom is 0.419 e. The summed E-state index contributed by atoms with van der Waals surface area (Å²) in [5, 5.41) is 27.1. The molecule has 9 nitrogen and oxygen atoms in total. The summed E-state index contributed by atoms with van der Waals surface area (Å²) < 4.78 is 53.0. The van der Waals surface area contributed by atoms with Crippen molar-refractivity contribution in [2.75, 3.05) is 29.1 Å². The van der Waals surface area contributed by atoms with Crippen LogP contribution in [-0.2, 0) is 6.18 Å². The van der Waals surface area contributed by atoms with Gasteiger partial charge in [-0.25, -0.2) is 19.3 Å². The van der Waals surface area contributed by atoms with Crippen molar-refractivity contribution in [3.63, 3.8) is 0 Å². The number of thiazole rings is 1. The van der Waals surface area contributed by atoms with Crippen molar-refractivity contribution >= 4 is 39.7 Å². The van der Waals surface area contributed by atoms with Crippen molar-refractivity contribution in [2.24, 2.45) is 0 Å². The third kappa shape index (κ3) is 7.04. The van der Waals surface area contributed by atoms with E-state index in [0.29, 0.717) is 33.8 Å². The van der Waals surface area contributed by atoms with E-state index in [1.165, 1.54) is 12.4 Å². The number of nitrogens with one attached hydrogen (secondary N) is 3. The van der Waals surface area contributed by atoms with Crippen LogP contribution in [0.2, 0.25) is 0 Å². The summed E-state index contributed by atoms with van der Waals surface area (Å²) in [4.78, 5) is 25.7. The predicted molar refractivity (Wildman–Crippen MR) is 139 cm³/mol. The second-order valence-corrected chi connectivity index (χ2v) is 9.48. The summed E-state index contributed by atoms with van der Waals surface area (Å²) in [7, 11) is 0. The Labute approximate surface area is 223 Å². The number of aryl methyl sites for hydroxylation is 1. The first-order valence-electron chi connectivity index (χ1n) is 11.4. The fraction of sp³-hybridized carbons (Fsp3) is 0.200. The van der Waals surface area contributed by atoms with Gasteiger partial charge in [-0.15, -0.1) is 11.3 Å². The van der Waals surface area contributed by atoms with Gasteiger partial charge in [0, 0.05) is 34.3 Å². The van der Waals surface area contributed by atoms with Gasteiger partial charge >= 0.3 is 6.18 Å². The van der Waals surface area contributed by atoms with Crippen LogP contribution in [-0.4, -0.2) is 50.3 Å². The Morgan fingerprint density at radius 2 is 1.79 bits per heavy atom. The number of carbonyl (C=O) groups excluding carboxylic acids is 1. The zero-order valence-corrected chi connectivity index (χ0v) is 21.1. The fourth-order valence-corrected chi connectivity index (χ4v) is 4.27. The molecular weight excluding hydrogens is 540 g/mol. The largest absolute Gasteiger partial charge is 0.419 e. The summed E-state index contributed by atoms with van der Waals surface area (Å²) in [5.41, 5.74) is -0.164. The Hall–Kier alpha value is -4.14. The minimum atomic E-state index is -4.85. The number of aliphatic hydroxyl groups excluding tert-OH is 2. The first-order chi connectivity index (χ1) is 18.5. The second-order valence-electron chi connectivity index (χ2n) is 8.28. The van der Waals surface area contributed by atoms with Crippen molar-refractivity contribution in [2.45, 2.75) is 19.2 Å². The minimum Gasteiger partial charge on any atom is -0.394 e. The second kappa shape index (κ2) is 11.7. The molecule has 2 aromatic heterocycles. The molecule has 0 fully saturated rings. The molecule has 0 aliphatic rings. The van der Waals surface area contributed by atoms with Gasteiger partial charge in [0.1, 0.15) is 23.8 Å². The smallest absolute Gasteiger partial charge is 0.394 e. The number of aromatic nitrogens is 3.